The highest BCUT2D eigenvalue weighted by Crippen LogP contribution is 2.28. The van der Waals surface area contributed by atoms with Crippen molar-refractivity contribution < 1.29 is 19.8 Å². The molecule has 1 aromatic heterocycles. The topological polar surface area (TPSA) is 103 Å². The number of aliphatic imine (C=N–C) groups is 1. The second-order valence-corrected chi connectivity index (χ2v) is 4.89. The summed E-state index contributed by atoms with van der Waals surface area (Å²) in [6.07, 6.45) is 1.43. The summed E-state index contributed by atoms with van der Waals surface area (Å²) in [6.45, 7) is 1.20. The Bertz CT molecular complexity index is 614. The van der Waals surface area contributed by atoms with Gasteiger partial charge in [0.2, 0.25) is 0 Å². The largest absolute Gasteiger partial charge is 0.480 e. The van der Waals surface area contributed by atoms with E-state index in [0.29, 0.717) is 25.3 Å². The fourth-order valence-corrected chi connectivity index (χ4v) is 2.41. The van der Waals surface area contributed by atoms with Crippen LogP contribution >= 0.6 is 0 Å². The highest BCUT2D eigenvalue weighted by Gasteiger charge is 2.32. The molecule has 3 rings (SSSR count). The Labute approximate surface area is 114 Å². The van der Waals surface area contributed by atoms with Crippen LogP contribution in [0.4, 0.5) is 11.6 Å². The van der Waals surface area contributed by atoms with Crippen LogP contribution in [0, 0.1) is 5.92 Å². The molecule has 0 bridgehead atoms. The number of aliphatic hydroxyl groups excluding tert-OH is 1. The second-order valence-electron chi connectivity index (χ2n) is 4.89. The maximum atomic E-state index is 12.0. The Morgan fingerprint density at radius 1 is 1.40 bits per heavy atom. The number of nitrogens with zero attached hydrogens (tertiary/aromatic N) is 3. The Hall–Kier alpha value is -2.28. The highest BCUT2D eigenvalue weighted by molar-refractivity contribution is 6.21. The lowest BCUT2D eigenvalue weighted by molar-refractivity contribution is -0.137. The monoisotopic (exact) mass is 275 g/mol. The van der Waals surface area contributed by atoms with Gasteiger partial charge in [-0.2, -0.15) is 0 Å². The third-order valence-corrected chi connectivity index (χ3v) is 3.51. The van der Waals surface area contributed by atoms with Gasteiger partial charge < -0.3 is 15.1 Å². The average molecular weight is 275 g/mol. The maximum absolute atomic E-state index is 12.0. The number of pyridine rings is 1. The number of aromatic nitrogens is 1. The molecule has 20 heavy (non-hydrogen) atoms. The van der Waals surface area contributed by atoms with E-state index in [0.717, 1.165) is 6.21 Å². The van der Waals surface area contributed by atoms with E-state index in [2.05, 4.69) is 9.98 Å². The number of hydrogen-bond acceptors (Lipinski definition) is 6. The molecule has 2 aliphatic heterocycles. The van der Waals surface area contributed by atoms with Crippen molar-refractivity contribution in [2.75, 3.05) is 18.0 Å². The summed E-state index contributed by atoms with van der Waals surface area (Å²) < 4.78 is 0. The van der Waals surface area contributed by atoms with Crippen molar-refractivity contribution in [3.63, 3.8) is 0 Å². The number of β-amino-alcohol motifs (C(OH)–C–C–N with tert-alkyl or cyclic N) is 1. The van der Waals surface area contributed by atoms with Crippen LogP contribution < -0.4 is 4.90 Å². The summed E-state index contributed by atoms with van der Waals surface area (Å²) in [7, 11) is 0. The zero-order valence-electron chi connectivity index (χ0n) is 10.6. The van der Waals surface area contributed by atoms with E-state index in [1.165, 1.54) is 0 Å². The number of aliphatic hydroxyl groups is 1. The average Bonchev–Trinajstić information content (AvgIpc) is 2.85. The lowest BCUT2D eigenvalue weighted by atomic mass is 9.97. The zero-order chi connectivity index (χ0) is 14.3. The summed E-state index contributed by atoms with van der Waals surface area (Å²) >= 11 is 0. The lowest BCUT2D eigenvalue weighted by Gasteiger charge is -2.19. The Morgan fingerprint density at radius 2 is 2.20 bits per heavy atom. The summed E-state index contributed by atoms with van der Waals surface area (Å²) in [5.74, 6) is -2.06. The van der Waals surface area contributed by atoms with Gasteiger partial charge in [-0.1, -0.05) is 0 Å². The number of carbonyl (C=O) groups excluding carboxylic acids is 1. The summed E-state index contributed by atoms with van der Waals surface area (Å²) in [6, 6.07) is 3.21. The number of ketones is 1. The van der Waals surface area contributed by atoms with Crippen LogP contribution in [0.2, 0.25) is 0 Å². The van der Waals surface area contributed by atoms with Gasteiger partial charge in [0.1, 0.15) is 5.82 Å². The quantitative estimate of drug-likeness (QED) is 0.750. The van der Waals surface area contributed by atoms with Crippen LogP contribution in [0.1, 0.15) is 16.8 Å². The minimum atomic E-state index is -1.23. The number of fused-ring (bicyclic) bond motifs is 1. The fourth-order valence-electron chi connectivity index (χ4n) is 2.41. The highest BCUT2D eigenvalue weighted by atomic mass is 16.4. The minimum Gasteiger partial charge on any atom is -0.480 e. The van der Waals surface area contributed by atoms with Gasteiger partial charge in [-0.25, -0.2) is 9.98 Å². The molecule has 7 heteroatoms. The van der Waals surface area contributed by atoms with Crippen molar-refractivity contribution in [2.24, 2.45) is 10.9 Å². The molecular weight excluding hydrogens is 262 g/mol. The van der Waals surface area contributed by atoms with Crippen LogP contribution in [-0.4, -0.2) is 52.4 Å². The van der Waals surface area contributed by atoms with E-state index < -0.39 is 17.7 Å². The normalized spacial score (nSPS) is 24.9. The molecule has 0 aliphatic carbocycles. The van der Waals surface area contributed by atoms with E-state index in [-0.39, 0.29) is 17.5 Å². The molecule has 1 aromatic rings. The standard InChI is InChI=1S/C13H13N3O4/c17-7-3-4-16(6-7)10-2-1-8-11(18)9(13(19)20)5-14-12(8)15-10/h1-2,5,7,9,17H,3-4,6H2,(H,19,20). The predicted octanol–water partition coefficient (Wildman–Crippen LogP) is 0.252. The molecule has 1 fully saturated rings. The van der Waals surface area contributed by atoms with Crippen molar-refractivity contribution in [3.05, 3.63) is 17.7 Å². The Balaban J connectivity index is 1.92. The number of rotatable bonds is 2. The number of carboxylic acid groups (broad SMARTS) is 1. The van der Waals surface area contributed by atoms with Crippen molar-refractivity contribution in [3.8, 4) is 0 Å². The van der Waals surface area contributed by atoms with Gasteiger partial charge >= 0.3 is 5.97 Å². The van der Waals surface area contributed by atoms with Crippen molar-refractivity contribution in [1.29, 1.82) is 0 Å². The van der Waals surface area contributed by atoms with E-state index in [1.807, 2.05) is 4.90 Å². The molecule has 7 nitrogen and oxygen atoms in total. The number of carboxylic acids is 1. The Kier molecular flexibility index (Phi) is 2.98. The molecule has 2 N–H and O–H groups in total. The SMILES string of the molecule is O=C(O)C1C=Nc2nc(N3CCC(O)C3)ccc2C1=O. The van der Waals surface area contributed by atoms with Gasteiger partial charge in [-0.15, -0.1) is 0 Å². The first kappa shape index (κ1) is 12.7. The van der Waals surface area contributed by atoms with Gasteiger partial charge in [0.05, 0.1) is 11.7 Å². The van der Waals surface area contributed by atoms with E-state index >= 15 is 0 Å². The van der Waals surface area contributed by atoms with Gasteiger partial charge in [-0.05, 0) is 18.6 Å². The molecule has 1 saturated heterocycles. The molecule has 3 heterocycles. The molecule has 0 aromatic carbocycles. The van der Waals surface area contributed by atoms with E-state index in [1.54, 1.807) is 12.1 Å². The fraction of sp³-hybridized carbons (Fsp3) is 0.385. The molecule has 104 valence electrons. The molecular formula is C13H13N3O4. The first-order chi connectivity index (χ1) is 9.56. The number of Topliss-reactive ketones (excluding diaryl/α,β-unsaturated/α-hetero) is 1. The molecule has 2 unspecified atom stereocenters. The number of carbonyl (C=O) groups is 2. The van der Waals surface area contributed by atoms with Gasteiger partial charge in [-0.3, -0.25) is 9.59 Å². The number of anilines is 1. The molecule has 2 atom stereocenters. The maximum Gasteiger partial charge on any atom is 0.319 e. The lowest BCUT2D eigenvalue weighted by Crippen LogP contribution is -2.28. The molecule has 0 spiro atoms. The predicted molar refractivity (Wildman–Crippen MR) is 70.7 cm³/mol. The van der Waals surface area contributed by atoms with Gasteiger partial charge in [0, 0.05) is 19.3 Å². The van der Waals surface area contributed by atoms with E-state index in [4.69, 9.17) is 5.11 Å². The molecule has 2 aliphatic rings. The zero-order valence-corrected chi connectivity index (χ0v) is 10.6. The second kappa shape index (κ2) is 4.68. The number of hydrogen-bond donors (Lipinski definition) is 2. The molecule has 0 saturated carbocycles. The minimum absolute atomic E-state index is 0.225. The van der Waals surface area contributed by atoms with Gasteiger partial charge in [0.25, 0.3) is 0 Å². The number of aliphatic carboxylic acids is 1. The third kappa shape index (κ3) is 2.05. The first-order valence-electron chi connectivity index (χ1n) is 6.31. The van der Waals surface area contributed by atoms with Crippen molar-refractivity contribution in [2.45, 2.75) is 12.5 Å². The molecule has 0 radical (unpaired) electrons. The van der Waals surface area contributed by atoms with Crippen LogP contribution in [0.5, 0.6) is 0 Å². The van der Waals surface area contributed by atoms with Crippen molar-refractivity contribution in [1.82, 2.24) is 4.98 Å². The summed E-state index contributed by atoms with van der Waals surface area (Å²) in [5.41, 5.74) is 0.225. The molecule has 0 amide bonds. The smallest absolute Gasteiger partial charge is 0.319 e. The van der Waals surface area contributed by atoms with Crippen LogP contribution in [0.3, 0.4) is 0 Å². The van der Waals surface area contributed by atoms with Crippen LogP contribution in [0.15, 0.2) is 17.1 Å². The summed E-state index contributed by atoms with van der Waals surface area (Å²) in [5, 5.41) is 18.4. The van der Waals surface area contributed by atoms with Crippen LogP contribution in [0.25, 0.3) is 0 Å². The van der Waals surface area contributed by atoms with Crippen LogP contribution in [-0.2, 0) is 4.79 Å². The summed E-state index contributed by atoms with van der Waals surface area (Å²) in [4.78, 5) is 33.1. The van der Waals surface area contributed by atoms with Crippen molar-refractivity contribution >= 4 is 29.6 Å². The third-order valence-electron chi connectivity index (χ3n) is 3.51. The van der Waals surface area contributed by atoms with E-state index in [9.17, 15) is 14.7 Å². The van der Waals surface area contributed by atoms with Gasteiger partial charge in [0.15, 0.2) is 17.5 Å². The Morgan fingerprint density at radius 3 is 2.85 bits per heavy atom. The first-order valence-corrected chi connectivity index (χ1v) is 6.31.